The zero-order valence-electron chi connectivity index (χ0n) is 16.6. The first-order chi connectivity index (χ1) is 14.1. The highest BCUT2D eigenvalue weighted by Gasteiger charge is 2.56. The van der Waals surface area contributed by atoms with Crippen molar-refractivity contribution in [3.63, 3.8) is 0 Å². The maximum Gasteiger partial charge on any atom is 0.248 e. The molecule has 7 rings (SSSR count). The summed E-state index contributed by atoms with van der Waals surface area (Å²) < 4.78 is 1.07. The highest BCUT2D eigenvalue weighted by molar-refractivity contribution is 7.22. The summed E-state index contributed by atoms with van der Waals surface area (Å²) in [4.78, 5) is 33.3. The van der Waals surface area contributed by atoms with Crippen LogP contribution in [0.3, 0.4) is 0 Å². The number of likely N-dealkylation sites (tertiary alicyclic amines) is 1. The number of fused-ring (bicyclic) bond motifs is 1. The minimum absolute atomic E-state index is 0.0698. The minimum atomic E-state index is -0.345. The Bertz CT molecular complexity index is 915. The average Bonchev–Trinajstić information content (AvgIpc) is 3.32. The molecule has 4 bridgehead atoms. The highest BCUT2D eigenvalue weighted by Crippen LogP contribution is 2.60. The number of thiazole rings is 1. The molecule has 2 aromatic rings. The van der Waals surface area contributed by atoms with Crippen molar-refractivity contribution in [1.82, 2.24) is 9.88 Å². The van der Waals surface area contributed by atoms with Crippen molar-refractivity contribution in [3.8, 4) is 0 Å². The van der Waals surface area contributed by atoms with Gasteiger partial charge in [-0.15, -0.1) is 0 Å². The molecule has 1 aromatic heterocycles. The number of nitrogens with one attached hydrogen (secondary N) is 1. The van der Waals surface area contributed by atoms with Crippen LogP contribution in [0, 0.1) is 23.2 Å². The summed E-state index contributed by atoms with van der Waals surface area (Å²) in [6, 6.07) is 7.56. The van der Waals surface area contributed by atoms with E-state index in [0.717, 1.165) is 66.6 Å². The summed E-state index contributed by atoms with van der Waals surface area (Å²) in [6.07, 6.45) is 8.82. The molecule has 1 N–H and O–H groups in total. The Morgan fingerprint density at radius 3 is 2.45 bits per heavy atom. The van der Waals surface area contributed by atoms with Crippen LogP contribution in [0.25, 0.3) is 10.2 Å². The molecule has 2 amide bonds. The molecule has 5 aliphatic rings. The van der Waals surface area contributed by atoms with Gasteiger partial charge < -0.3 is 10.2 Å². The quantitative estimate of drug-likeness (QED) is 0.815. The van der Waals surface area contributed by atoms with Crippen LogP contribution < -0.4 is 5.32 Å². The van der Waals surface area contributed by atoms with Crippen LogP contribution in [0.1, 0.15) is 51.4 Å². The predicted molar refractivity (Wildman–Crippen MR) is 114 cm³/mol. The Hall–Kier alpha value is -1.95. The number of anilines is 1. The summed E-state index contributed by atoms with van der Waals surface area (Å²) in [6.45, 7) is 0.721. The van der Waals surface area contributed by atoms with Gasteiger partial charge in [-0.05, 0) is 81.3 Å². The molecule has 4 saturated carbocycles. The maximum absolute atomic E-state index is 13.7. The summed E-state index contributed by atoms with van der Waals surface area (Å²) in [5.74, 6) is 2.42. The van der Waals surface area contributed by atoms with Gasteiger partial charge in [0.25, 0.3) is 0 Å². The predicted octanol–water partition coefficient (Wildman–Crippen LogP) is 4.44. The van der Waals surface area contributed by atoms with E-state index in [-0.39, 0.29) is 23.3 Å². The molecule has 1 unspecified atom stereocenters. The number of carbonyl (C=O) groups excluding carboxylic acids is 2. The maximum atomic E-state index is 13.7. The molecule has 29 heavy (non-hydrogen) atoms. The van der Waals surface area contributed by atoms with Crippen LogP contribution in [-0.4, -0.2) is 34.3 Å². The van der Waals surface area contributed by atoms with Gasteiger partial charge in [0, 0.05) is 6.54 Å². The third-order valence-electron chi connectivity index (χ3n) is 7.83. The van der Waals surface area contributed by atoms with Crippen molar-refractivity contribution in [1.29, 1.82) is 0 Å². The zero-order valence-corrected chi connectivity index (χ0v) is 17.4. The van der Waals surface area contributed by atoms with Gasteiger partial charge in [-0.2, -0.15) is 0 Å². The van der Waals surface area contributed by atoms with Crippen LogP contribution in [0.5, 0.6) is 0 Å². The molecule has 1 atom stereocenters. The van der Waals surface area contributed by atoms with Gasteiger partial charge in [0.05, 0.1) is 15.6 Å². The van der Waals surface area contributed by atoms with Crippen molar-refractivity contribution in [2.24, 2.45) is 23.2 Å². The van der Waals surface area contributed by atoms with Gasteiger partial charge in [0.15, 0.2) is 5.13 Å². The van der Waals surface area contributed by atoms with Gasteiger partial charge in [-0.3, -0.25) is 9.59 Å². The molecular formula is C23H27N3O2S. The molecule has 1 aliphatic heterocycles. The molecule has 5 nitrogen and oxygen atoms in total. The van der Waals surface area contributed by atoms with E-state index in [1.807, 2.05) is 29.2 Å². The van der Waals surface area contributed by atoms with E-state index in [0.29, 0.717) is 5.13 Å². The topological polar surface area (TPSA) is 62.3 Å². The van der Waals surface area contributed by atoms with E-state index < -0.39 is 0 Å². The number of aromatic nitrogens is 1. The second-order valence-electron chi connectivity index (χ2n) is 9.83. The Labute approximate surface area is 174 Å². The molecule has 5 fully saturated rings. The zero-order chi connectivity index (χ0) is 19.6. The third kappa shape index (κ3) is 2.90. The Morgan fingerprint density at radius 2 is 1.76 bits per heavy atom. The number of benzene rings is 1. The van der Waals surface area contributed by atoms with Crippen molar-refractivity contribution in [2.75, 3.05) is 11.9 Å². The molecule has 2 heterocycles. The Kier molecular flexibility index (Phi) is 4.02. The lowest BCUT2D eigenvalue weighted by Crippen LogP contribution is -2.56. The van der Waals surface area contributed by atoms with Crippen LogP contribution in [0.4, 0.5) is 5.13 Å². The standard InChI is InChI=1S/C23H27N3O2S/c27-20(25-22-24-17-4-1-2-6-19(17)29-22)18-5-3-7-26(18)21(28)23-11-14-8-15(12-23)10-16(9-14)13-23/h1-2,4,6,14-16,18H,3,5,7-13H2,(H,24,25,27). The normalized spacial score (nSPS) is 35.4. The van der Waals surface area contributed by atoms with Crippen molar-refractivity contribution in [2.45, 2.75) is 57.4 Å². The molecule has 6 heteroatoms. The second-order valence-corrected chi connectivity index (χ2v) is 10.9. The van der Waals surface area contributed by atoms with Crippen molar-refractivity contribution < 1.29 is 9.59 Å². The smallest absolute Gasteiger partial charge is 0.248 e. The number of hydrogen-bond donors (Lipinski definition) is 1. The lowest BCUT2D eigenvalue weighted by molar-refractivity contribution is -0.160. The Morgan fingerprint density at radius 1 is 1.07 bits per heavy atom. The van der Waals surface area contributed by atoms with Crippen molar-refractivity contribution >= 4 is 38.5 Å². The molecule has 0 radical (unpaired) electrons. The minimum Gasteiger partial charge on any atom is -0.330 e. The SMILES string of the molecule is O=C(Nc1nc2ccccc2s1)C1CCCN1C(=O)C12CC3CC(CC(C3)C1)C2. The van der Waals surface area contributed by atoms with Gasteiger partial charge in [-0.25, -0.2) is 4.98 Å². The molecular weight excluding hydrogens is 382 g/mol. The van der Waals surface area contributed by atoms with Crippen LogP contribution in [-0.2, 0) is 9.59 Å². The largest absolute Gasteiger partial charge is 0.330 e. The van der Waals surface area contributed by atoms with Gasteiger partial charge >= 0.3 is 0 Å². The van der Waals surface area contributed by atoms with E-state index >= 15 is 0 Å². The lowest BCUT2D eigenvalue weighted by atomic mass is 9.49. The van der Waals surface area contributed by atoms with Gasteiger partial charge in [-0.1, -0.05) is 23.5 Å². The molecule has 0 spiro atoms. The number of hydrogen-bond acceptors (Lipinski definition) is 4. The number of nitrogens with zero attached hydrogens (tertiary/aromatic N) is 2. The average molecular weight is 410 g/mol. The van der Waals surface area contributed by atoms with Crippen LogP contribution >= 0.6 is 11.3 Å². The van der Waals surface area contributed by atoms with E-state index in [2.05, 4.69) is 10.3 Å². The van der Waals surface area contributed by atoms with Crippen LogP contribution in [0.15, 0.2) is 24.3 Å². The van der Waals surface area contributed by atoms with Gasteiger partial charge in [0.1, 0.15) is 6.04 Å². The first-order valence-corrected chi connectivity index (χ1v) is 11.9. The summed E-state index contributed by atoms with van der Waals surface area (Å²) in [5, 5.41) is 3.64. The number of amides is 2. The first kappa shape index (κ1) is 17.9. The van der Waals surface area contributed by atoms with Crippen molar-refractivity contribution in [3.05, 3.63) is 24.3 Å². The first-order valence-electron chi connectivity index (χ1n) is 11.1. The number of carbonyl (C=O) groups is 2. The fraction of sp³-hybridized carbons (Fsp3) is 0.609. The lowest BCUT2D eigenvalue weighted by Gasteiger charge is -2.56. The fourth-order valence-corrected chi connectivity index (χ4v) is 7.94. The molecule has 1 saturated heterocycles. The monoisotopic (exact) mass is 409 g/mol. The third-order valence-corrected chi connectivity index (χ3v) is 8.78. The molecule has 152 valence electrons. The molecule has 1 aromatic carbocycles. The number of para-hydroxylation sites is 1. The summed E-state index contributed by atoms with van der Waals surface area (Å²) >= 11 is 1.49. The van der Waals surface area contributed by atoms with E-state index in [1.54, 1.807) is 0 Å². The second kappa shape index (κ2) is 6.53. The van der Waals surface area contributed by atoms with Gasteiger partial charge in [0.2, 0.25) is 11.8 Å². The van der Waals surface area contributed by atoms with E-state index in [1.165, 1.54) is 30.6 Å². The van der Waals surface area contributed by atoms with Crippen LogP contribution in [0.2, 0.25) is 0 Å². The Balaban J connectivity index is 1.21. The summed E-state index contributed by atoms with van der Waals surface area (Å²) in [5.41, 5.74) is 0.730. The fourth-order valence-electron chi connectivity index (χ4n) is 7.07. The number of rotatable bonds is 3. The van der Waals surface area contributed by atoms with E-state index in [4.69, 9.17) is 0 Å². The molecule has 4 aliphatic carbocycles. The summed E-state index contributed by atoms with van der Waals surface area (Å²) in [7, 11) is 0. The van der Waals surface area contributed by atoms with E-state index in [9.17, 15) is 9.59 Å². The highest BCUT2D eigenvalue weighted by atomic mass is 32.1.